The first-order valence-corrected chi connectivity index (χ1v) is 11.4. The Kier molecular flexibility index (Phi) is 8.06. The molecule has 0 unspecified atom stereocenters. The maximum Gasteiger partial charge on any atom is 0.320 e. The maximum absolute atomic E-state index is 10.8. The van der Waals surface area contributed by atoms with Crippen molar-refractivity contribution in [2.45, 2.75) is 57.3 Å². The van der Waals surface area contributed by atoms with Crippen LogP contribution in [0, 0.1) is 5.92 Å². The van der Waals surface area contributed by atoms with E-state index in [2.05, 4.69) is 34.1 Å². The Labute approximate surface area is 184 Å². The summed E-state index contributed by atoms with van der Waals surface area (Å²) in [6.45, 7) is 5.04. The standard InChI is InChI=1S/C19H30N6O5S/c1-10(2)3-5-21-16-13-17(23-8-22-16)25(9-24-13)18-15(27)14(26)12(30-18)7-31-6-4-11(20)19(28)29/h8-12,14-15,18,26-27H,3-7,20H2,1-2H3,(H,28,29)(H,21,22,23)/t11-,12+,14+,15+,18+/m0/s1. The minimum atomic E-state index is -1.16. The van der Waals surface area contributed by atoms with Crippen molar-refractivity contribution in [2.75, 3.05) is 23.4 Å². The van der Waals surface area contributed by atoms with E-state index in [4.69, 9.17) is 15.6 Å². The first-order valence-electron chi connectivity index (χ1n) is 10.3. The molecule has 0 aliphatic carbocycles. The Morgan fingerprint density at radius 3 is 2.77 bits per heavy atom. The fourth-order valence-corrected chi connectivity index (χ4v) is 4.37. The highest BCUT2D eigenvalue weighted by Gasteiger charge is 2.44. The molecule has 5 atom stereocenters. The van der Waals surface area contributed by atoms with Crippen LogP contribution >= 0.6 is 11.8 Å². The number of rotatable bonds is 11. The van der Waals surface area contributed by atoms with Crippen LogP contribution in [0.25, 0.3) is 11.2 Å². The van der Waals surface area contributed by atoms with E-state index in [0.29, 0.717) is 40.8 Å². The molecule has 1 saturated heterocycles. The monoisotopic (exact) mass is 454 g/mol. The molecule has 0 spiro atoms. The van der Waals surface area contributed by atoms with Gasteiger partial charge in [0.25, 0.3) is 0 Å². The van der Waals surface area contributed by atoms with E-state index in [1.807, 2.05) is 0 Å². The van der Waals surface area contributed by atoms with Crippen LogP contribution in [0.2, 0.25) is 0 Å². The first-order chi connectivity index (χ1) is 14.8. The van der Waals surface area contributed by atoms with Gasteiger partial charge in [0.1, 0.15) is 24.6 Å². The number of hydrogen-bond donors (Lipinski definition) is 5. The summed E-state index contributed by atoms with van der Waals surface area (Å²) in [5.74, 6) is 1.03. The minimum absolute atomic E-state index is 0.310. The van der Waals surface area contributed by atoms with Gasteiger partial charge in [-0.15, -0.1) is 0 Å². The highest BCUT2D eigenvalue weighted by atomic mass is 32.2. The maximum atomic E-state index is 10.8. The smallest absolute Gasteiger partial charge is 0.320 e. The van der Waals surface area contributed by atoms with E-state index in [9.17, 15) is 15.0 Å². The zero-order chi connectivity index (χ0) is 22.5. The van der Waals surface area contributed by atoms with Gasteiger partial charge in [-0.25, -0.2) is 15.0 Å². The zero-order valence-corrected chi connectivity index (χ0v) is 18.4. The molecule has 1 aliphatic heterocycles. The number of carboxylic acid groups (broad SMARTS) is 1. The van der Waals surface area contributed by atoms with Gasteiger partial charge in [-0.2, -0.15) is 11.8 Å². The predicted octanol–water partition coefficient (Wildman–Crippen LogP) is 0.439. The number of aliphatic carboxylic acids is 1. The molecule has 0 radical (unpaired) electrons. The molecule has 0 saturated carbocycles. The zero-order valence-electron chi connectivity index (χ0n) is 17.6. The van der Waals surface area contributed by atoms with Gasteiger partial charge in [0.05, 0.1) is 12.4 Å². The molecule has 1 fully saturated rings. The number of aliphatic hydroxyl groups excluding tert-OH is 2. The normalized spacial score (nSPS) is 24.7. The third-order valence-electron chi connectivity index (χ3n) is 5.16. The molecule has 0 amide bonds. The Morgan fingerprint density at radius 1 is 1.29 bits per heavy atom. The van der Waals surface area contributed by atoms with Crippen LogP contribution in [0.4, 0.5) is 5.82 Å². The lowest BCUT2D eigenvalue weighted by Gasteiger charge is -2.16. The van der Waals surface area contributed by atoms with Gasteiger partial charge in [0.2, 0.25) is 0 Å². The molecular weight excluding hydrogens is 424 g/mol. The molecule has 3 rings (SSSR count). The van der Waals surface area contributed by atoms with Crippen molar-refractivity contribution >= 4 is 34.7 Å². The fourth-order valence-electron chi connectivity index (χ4n) is 3.28. The molecule has 31 heavy (non-hydrogen) atoms. The molecule has 3 heterocycles. The minimum Gasteiger partial charge on any atom is -0.480 e. The van der Waals surface area contributed by atoms with Crippen LogP contribution in [0.15, 0.2) is 12.7 Å². The molecule has 12 heteroatoms. The largest absolute Gasteiger partial charge is 0.480 e. The van der Waals surface area contributed by atoms with Gasteiger partial charge in [-0.05, 0) is 24.5 Å². The summed E-state index contributed by atoms with van der Waals surface area (Å²) >= 11 is 1.42. The van der Waals surface area contributed by atoms with Crippen LogP contribution in [0.3, 0.4) is 0 Å². The average molecular weight is 455 g/mol. The van der Waals surface area contributed by atoms with E-state index in [1.54, 1.807) is 4.57 Å². The second-order valence-electron chi connectivity index (χ2n) is 8.01. The summed E-state index contributed by atoms with van der Waals surface area (Å²) in [7, 11) is 0. The van der Waals surface area contributed by atoms with Crippen LogP contribution in [0.1, 0.15) is 32.9 Å². The number of aromatic nitrogens is 4. The summed E-state index contributed by atoms with van der Waals surface area (Å²) in [5, 5.41) is 33.1. The number of fused-ring (bicyclic) bond motifs is 1. The number of nitrogens with one attached hydrogen (secondary N) is 1. The number of hydrogen-bond acceptors (Lipinski definition) is 10. The lowest BCUT2D eigenvalue weighted by atomic mass is 10.1. The van der Waals surface area contributed by atoms with Gasteiger partial charge in [0, 0.05) is 12.3 Å². The lowest BCUT2D eigenvalue weighted by molar-refractivity contribution is -0.138. The van der Waals surface area contributed by atoms with E-state index < -0.39 is 36.6 Å². The summed E-state index contributed by atoms with van der Waals surface area (Å²) in [6, 6.07) is -0.916. The molecule has 1 aliphatic rings. The number of aliphatic hydroxyl groups is 2. The molecule has 11 nitrogen and oxygen atoms in total. The summed E-state index contributed by atoms with van der Waals surface area (Å²) < 4.78 is 7.52. The second kappa shape index (κ2) is 10.6. The van der Waals surface area contributed by atoms with Crippen LogP contribution in [-0.4, -0.2) is 83.2 Å². The molecular formula is C19H30N6O5S. The summed E-state index contributed by atoms with van der Waals surface area (Å²) in [4.78, 5) is 23.7. The van der Waals surface area contributed by atoms with Crippen LogP contribution in [-0.2, 0) is 9.53 Å². The number of nitrogens with two attached hydrogens (primary N) is 1. The predicted molar refractivity (Wildman–Crippen MR) is 117 cm³/mol. The SMILES string of the molecule is CC(C)CCNc1ncnc2c1ncn2[C@@H]1O[C@H](CSCC[C@H](N)C(=O)O)[C@@H](O)[C@H]1O. The quantitative estimate of drug-likeness (QED) is 0.299. The third-order valence-corrected chi connectivity index (χ3v) is 6.25. The van der Waals surface area contributed by atoms with Crippen LogP contribution in [0.5, 0.6) is 0 Å². The average Bonchev–Trinajstić information content (AvgIpc) is 3.27. The van der Waals surface area contributed by atoms with Crippen molar-refractivity contribution in [1.29, 1.82) is 0 Å². The lowest BCUT2D eigenvalue weighted by Crippen LogP contribution is -2.33. The molecule has 6 N–H and O–H groups in total. The fraction of sp³-hybridized carbons (Fsp3) is 0.684. The third kappa shape index (κ3) is 5.63. The molecule has 0 aromatic carbocycles. The topological polar surface area (TPSA) is 169 Å². The van der Waals surface area contributed by atoms with E-state index in [0.717, 1.165) is 13.0 Å². The number of nitrogens with zero attached hydrogens (tertiary/aromatic N) is 4. The van der Waals surface area contributed by atoms with Crippen molar-refractivity contribution < 1.29 is 24.9 Å². The Morgan fingerprint density at radius 2 is 2.06 bits per heavy atom. The molecule has 2 aromatic heterocycles. The molecule has 172 valence electrons. The van der Waals surface area contributed by atoms with Crippen molar-refractivity contribution in [3.8, 4) is 0 Å². The van der Waals surface area contributed by atoms with E-state index >= 15 is 0 Å². The van der Waals surface area contributed by atoms with Crippen molar-refractivity contribution in [3.05, 3.63) is 12.7 Å². The second-order valence-corrected chi connectivity index (χ2v) is 9.16. The number of imidazole rings is 1. The molecule has 2 aromatic rings. The summed E-state index contributed by atoms with van der Waals surface area (Å²) in [6.07, 6.45) is 0.540. The van der Waals surface area contributed by atoms with Gasteiger partial charge in [0.15, 0.2) is 23.2 Å². The number of carboxylic acids is 1. The van der Waals surface area contributed by atoms with E-state index in [1.165, 1.54) is 24.4 Å². The Balaban J connectivity index is 1.65. The van der Waals surface area contributed by atoms with Gasteiger partial charge in [-0.1, -0.05) is 13.8 Å². The van der Waals surface area contributed by atoms with Gasteiger partial charge >= 0.3 is 5.97 Å². The van der Waals surface area contributed by atoms with Gasteiger partial charge in [-0.3, -0.25) is 9.36 Å². The van der Waals surface area contributed by atoms with E-state index in [-0.39, 0.29) is 0 Å². The van der Waals surface area contributed by atoms with Crippen molar-refractivity contribution in [2.24, 2.45) is 11.7 Å². The first kappa shape index (κ1) is 23.7. The van der Waals surface area contributed by atoms with Crippen molar-refractivity contribution in [1.82, 2.24) is 19.5 Å². The summed E-state index contributed by atoms with van der Waals surface area (Å²) in [5.41, 5.74) is 6.56. The number of anilines is 1. The highest BCUT2D eigenvalue weighted by Crippen LogP contribution is 2.33. The Bertz CT molecular complexity index is 881. The number of thioether (sulfide) groups is 1. The van der Waals surface area contributed by atoms with Crippen LogP contribution < -0.4 is 11.1 Å². The molecule has 0 bridgehead atoms. The van der Waals surface area contributed by atoms with Crippen molar-refractivity contribution in [3.63, 3.8) is 0 Å². The number of carbonyl (C=O) groups is 1. The highest BCUT2D eigenvalue weighted by molar-refractivity contribution is 7.99. The Hall–Kier alpha value is -1.99. The van der Waals surface area contributed by atoms with Gasteiger partial charge < -0.3 is 31.1 Å². The number of ether oxygens (including phenoxy) is 1.